The first kappa shape index (κ1) is 16.6. The summed E-state index contributed by atoms with van der Waals surface area (Å²) < 4.78 is 37.4. The van der Waals surface area contributed by atoms with Crippen molar-refractivity contribution in [2.75, 3.05) is 13.1 Å². The fraction of sp³-hybridized carbons (Fsp3) is 0.933. The third-order valence-corrected chi connectivity index (χ3v) is 4.64. The molecular weight excluding hydrogens is 281 g/mol. The molecule has 3 nitrogen and oxygen atoms in total. The standard InChI is InChI=1S/C15H25F3N2O/c1-10(7-15(16,17)18)13(21)20-11-5-6-12(20)9-19(8-11)14(2,3)4/h10-12H,5-9H2,1-4H3. The molecule has 3 unspecified atom stereocenters. The monoisotopic (exact) mass is 306 g/mol. The molecule has 0 spiro atoms. The summed E-state index contributed by atoms with van der Waals surface area (Å²) in [6, 6.07) is 0.150. The molecule has 2 bridgehead atoms. The molecule has 2 saturated heterocycles. The van der Waals surface area contributed by atoms with Gasteiger partial charge < -0.3 is 4.90 Å². The van der Waals surface area contributed by atoms with Crippen molar-refractivity contribution in [2.24, 2.45) is 5.92 Å². The molecule has 0 aliphatic carbocycles. The number of likely N-dealkylation sites (tertiary alicyclic amines) is 1. The smallest absolute Gasteiger partial charge is 0.334 e. The number of piperazine rings is 1. The van der Waals surface area contributed by atoms with Crippen molar-refractivity contribution in [3.05, 3.63) is 0 Å². The second-order valence-electron chi connectivity index (χ2n) is 7.43. The van der Waals surface area contributed by atoms with E-state index in [9.17, 15) is 18.0 Å². The number of amides is 1. The van der Waals surface area contributed by atoms with Crippen molar-refractivity contribution in [2.45, 2.75) is 70.8 Å². The van der Waals surface area contributed by atoms with Crippen LogP contribution in [0.1, 0.15) is 47.0 Å². The Balaban J connectivity index is 2.05. The summed E-state index contributed by atoms with van der Waals surface area (Å²) >= 11 is 0. The van der Waals surface area contributed by atoms with Gasteiger partial charge >= 0.3 is 6.18 Å². The van der Waals surface area contributed by atoms with E-state index in [2.05, 4.69) is 25.7 Å². The summed E-state index contributed by atoms with van der Waals surface area (Å²) in [5.74, 6) is -1.30. The lowest BCUT2D eigenvalue weighted by molar-refractivity contribution is -0.162. The largest absolute Gasteiger partial charge is 0.389 e. The van der Waals surface area contributed by atoms with Gasteiger partial charge in [0.05, 0.1) is 6.42 Å². The van der Waals surface area contributed by atoms with E-state index in [-0.39, 0.29) is 23.5 Å². The Bertz CT molecular complexity index is 389. The Morgan fingerprint density at radius 2 is 1.62 bits per heavy atom. The molecule has 21 heavy (non-hydrogen) atoms. The number of hydrogen-bond acceptors (Lipinski definition) is 2. The minimum atomic E-state index is -4.28. The molecule has 3 atom stereocenters. The number of carbonyl (C=O) groups is 1. The quantitative estimate of drug-likeness (QED) is 0.783. The Kier molecular flexibility index (Phi) is 4.30. The minimum Gasteiger partial charge on any atom is -0.334 e. The zero-order chi connectivity index (χ0) is 16.0. The summed E-state index contributed by atoms with van der Waals surface area (Å²) in [5.41, 5.74) is 0.0353. The van der Waals surface area contributed by atoms with Gasteiger partial charge in [-0.2, -0.15) is 13.2 Å². The van der Waals surface area contributed by atoms with E-state index >= 15 is 0 Å². The fourth-order valence-electron chi connectivity index (χ4n) is 3.50. The number of rotatable bonds is 2. The number of fused-ring (bicyclic) bond motifs is 2. The maximum atomic E-state index is 12.5. The predicted octanol–water partition coefficient (Wildman–Crippen LogP) is 3.05. The molecule has 0 aromatic rings. The maximum absolute atomic E-state index is 12.5. The summed E-state index contributed by atoms with van der Waals surface area (Å²) in [5, 5.41) is 0. The van der Waals surface area contributed by atoms with Crippen LogP contribution in [0.4, 0.5) is 13.2 Å². The van der Waals surface area contributed by atoms with E-state index < -0.39 is 18.5 Å². The lowest BCUT2D eigenvalue weighted by atomic mass is 9.99. The van der Waals surface area contributed by atoms with Gasteiger partial charge in [0.2, 0.25) is 5.91 Å². The minimum absolute atomic E-state index is 0.0353. The van der Waals surface area contributed by atoms with Gasteiger partial charge in [0.1, 0.15) is 0 Å². The van der Waals surface area contributed by atoms with Crippen LogP contribution < -0.4 is 0 Å². The molecule has 0 N–H and O–H groups in total. The topological polar surface area (TPSA) is 23.6 Å². The third-order valence-electron chi connectivity index (χ3n) is 4.64. The number of halogens is 3. The van der Waals surface area contributed by atoms with Gasteiger partial charge in [0.15, 0.2) is 0 Å². The van der Waals surface area contributed by atoms with Crippen molar-refractivity contribution in [3.8, 4) is 0 Å². The Labute approximate surface area is 124 Å². The molecule has 2 fully saturated rings. The zero-order valence-electron chi connectivity index (χ0n) is 13.2. The van der Waals surface area contributed by atoms with E-state index in [0.29, 0.717) is 0 Å². The molecule has 2 aliphatic rings. The number of hydrogen-bond donors (Lipinski definition) is 0. The van der Waals surface area contributed by atoms with Gasteiger partial charge in [0.25, 0.3) is 0 Å². The maximum Gasteiger partial charge on any atom is 0.389 e. The SMILES string of the molecule is CC(CC(F)(F)F)C(=O)N1C2CCC1CN(C(C)(C)C)C2. The molecule has 2 rings (SSSR count). The van der Waals surface area contributed by atoms with Crippen LogP contribution in [0.25, 0.3) is 0 Å². The number of carbonyl (C=O) groups excluding carboxylic acids is 1. The highest BCUT2D eigenvalue weighted by atomic mass is 19.4. The van der Waals surface area contributed by atoms with Crippen molar-refractivity contribution < 1.29 is 18.0 Å². The molecule has 0 aromatic heterocycles. The summed E-state index contributed by atoms with van der Waals surface area (Å²) in [4.78, 5) is 16.5. The van der Waals surface area contributed by atoms with Crippen LogP contribution in [-0.2, 0) is 4.79 Å². The average Bonchev–Trinajstić information content (AvgIpc) is 2.54. The molecule has 6 heteroatoms. The summed E-state index contributed by atoms with van der Waals surface area (Å²) in [6.45, 7) is 9.34. The Morgan fingerprint density at radius 1 is 1.14 bits per heavy atom. The van der Waals surface area contributed by atoms with Crippen LogP contribution in [0.15, 0.2) is 0 Å². The first-order valence-corrected chi connectivity index (χ1v) is 7.63. The highest BCUT2D eigenvalue weighted by molar-refractivity contribution is 5.79. The first-order valence-electron chi connectivity index (χ1n) is 7.63. The summed E-state index contributed by atoms with van der Waals surface area (Å²) in [6.07, 6.45) is -3.49. The van der Waals surface area contributed by atoms with E-state index in [1.165, 1.54) is 6.92 Å². The highest BCUT2D eigenvalue weighted by Crippen LogP contribution is 2.35. The zero-order valence-corrected chi connectivity index (χ0v) is 13.2. The van der Waals surface area contributed by atoms with Crippen molar-refractivity contribution >= 4 is 5.91 Å². The second-order valence-corrected chi connectivity index (χ2v) is 7.43. The molecule has 0 aromatic carbocycles. The van der Waals surface area contributed by atoms with Crippen molar-refractivity contribution in [1.82, 2.24) is 9.80 Å². The molecule has 0 saturated carbocycles. The van der Waals surface area contributed by atoms with Crippen LogP contribution in [0.3, 0.4) is 0 Å². The molecule has 1 amide bonds. The molecular formula is C15H25F3N2O. The normalized spacial score (nSPS) is 28.8. The second kappa shape index (κ2) is 5.45. The van der Waals surface area contributed by atoms with E-state index in [1.807, 2.05) is 0 Å². The first-order chi connectivity index (χ1) is 9.49. The van der Waals surface area contributed by atoms with Crippen molar-refractivity contribution in [3.63, 3.8) is 0 Å². The number of nitrogens with zero attached hydrogens (tertiary/aromatic N) is 2. The Morgan fingerprint density at radius 3 is 2.00 bits per heavy atom. The molecule has 2 aliphatic heterocycles. The summed E-state index contributed by atoms with van der Waals surface area (Å²) in [7, 11) is 0. The lowest BCUT2D eigenvalue weighted by Gasteiger charge is -2.47. The lowest BCUT2D eigenvalue weighted by Crippen LogP contribution is -2.60. The van der Waals surface area contributed by atoms with Gasteiger partial charge in [-0.05, 0) is 33.6 Å². The van der Waals surface area contributed by atoms with Gasteiger partial charge in [-0.1, -0.05) is 6.92 Å². The van der Waals surface area contributed by atoms with E-state index in [1.54, 1.807) is 4.90 Å². The number of alkyl halides is 3. The molecule has 2 heterocycles. The van der Waals surface area contributed by atoms with Crippen LogP contribution >= 0.6 is 0 Å². The van der Waals surface area contributed by atoms with Crippen LogP contribution in [0, 0.1) is 5.92 Å². The molecule has 122 valence electrons. The van der Waals surface area contributed by atoms with Gasteiger partial charge in [-0.15, -0.1) is 0 Å². The van der Waals surface area contributed by atoms with Crippen LogP contribution in [0.5, 0.6) is 0 Å². The van der Waals surface area contributed by atoms with Gasteiger partial charge in [-0.25, -0.2) is 0 Å². The predicted molar refractivity (Wildman–Crippen MR) is 74.8 cm³/mol. The van der Waals surface area contributed by atoms with E-state index in [0.717, 1.165) is 25.9 Å². The molecule has 0 radical (unpaired) electrons. The highest BCUT2D eigenvalue weighted by Gasteiger charge is 2.46. The van der Waals surface area contributed by atoms with Gasteiger partial charge in [-0.3, -0.25) is 9.69 Å². The Hall–Kier alpha value is -0.780. The van der Waals surface area contributed by atoms with Crippen LogP contribution in [-0.4, -0.2) is 52.6 Å². The fourth-order valence-corrected chi connectivity index (χ4v) is 3.50. The van der Waals surface area contributed by atoms with Gasteiger partial charge in [0, 0.05) is 36.6 Å². The van der Waals surface area contributed by atoms with Crippen molar-refractivity contribution in [1.29, 1.82) is 0 Å². The average molecular weight is 306 g/mol. The van der Waals surface area contributed by atoms with Crippen LogP contribution in [0.2, 0.25) is 0 Å². The third kappa shape index (κ3) is 3.71. The van der Waals surface area contributed by atoms with E-state index in [4.69, 9.17) is 0 Å².